The third kappa shape index (κ3) is 2.72. The van der Waals surface area contributed by atoms with Crippen LogP contribution in [0, 0.1) is 13.8 Å². The van der Waals surface area contributed by atoms with Crippen LogP contribution in [0.1, 0.15) is 36.1 Å². The third-order valence-electron chi connectivity index (χ3n) is 8.34. The number of para-hydroxylation sites is 1. The molecule has 0 radical (unpaired) electrons. The summed E-state index contributed by atoms with van der Waals surface area (Å²) in [5.41, 5.74) is 14.6. The summed E-state index contributed by atoms with van der Waals surface area (Å²) in [7, 11) is 0. The van der Waals surface area contributed by atoms with Crippen molar-refractivity contribution in [2.45, 2.75) is 33.1 Å². The molecule has 0 saturated heterocycles. The zero-order valence-electron chi connectivity index (χ0n) is 21.3. The van der Waals surface area contributed by atoms with Gasteiger partial charge in [0.15, 0.2) is 0 Å². The Morgan fingerprint density at radius 1 is 0.583 bits per heavy atom. The van der Waals surface area contributed by atoms with Crippen molar-refractivity contribution in [1.29, 1.82) is 0 Å². The largest absolute Gasteiger partial charge is 0.309 e. The van der Waals surface area contributed by atoms with Crippen LogP contribution in [0.2, 0.25) is 0 Å². The monoisotopic (exact) mass is 463 g/mol. The van der Waals surface area contributed by atoms with Crippen molar-refractivity contribution < 1.29 is 0 Å². The number of rotatable bonds is 2. The number of hydrogen-bond donors (Lipinski definition) is 0. The molecular weight excluding hydrogens is 434 g/mol. The Balaban J connectivity index is 1.68. The molecule has 0 N–H and O–H groups in total. The lowest BCUT2D eigenvalue weighted by Crippen LogP contribution is -2.14. The molecular formula is C35H29N. The summed E-state index contributed by atoms with van der Waals surface area (Å²) in [6.45, 7) is 9.22. The molecule has 6 aromatic rings. The maximum absolute atomic E-state index is 2.48. The lowest BCUT2D eigenvalue weighted by molar-refractivity contribution is 0.661. The summed E-state index contributed by atoms with van der Waals surface area (Å²) < 4.78 is 2.48. The number of fused-ring (bicyclic) bond motifs is 7. The first kappa shape index (κ1) is 21.2. The molecule has 7 rings (SSSR count). The van der Waals surface area contributed by atoms with Gasteiger partial charge in [0.1, 0.15) is 0 Å². The van der Waals surface area contributed by atoms with E-state index in [0.29, 0.717) is 0 Å². The van der Waals surface area contributed by atoms with E-state index in [1.54, 1.807) is 0 Å². The predicted octanol–water partition coefficient (Wildman–Crippen LogP) is 9.37. The second kappa shape index (κ2) is 7.45. The second-order valence-corrected chi connectivity index (χ2v) is 10.7. The minimum atomic E-state index is -0.0164. The fraction of sp³-hybridized carbons (Fsp3) is 0.143. The van der Waals surface area contributed by atoms with Crippen LogP contribution in [0.5, 0.6) is 0 Å². The molecule has 0 saturated carbocycles. The molecule has 1 aliphatic rings. The molecule has 0 aliphatic heterocycles. The summed E-state index contributed by atoms with van der Waals surface area (Å²) in [6.07, 6.45) is 0. The summed E-state index contributed by atoms with van der Waals surface area (Å²) in [5, 5.41) is 2.69. The molecule has 0 fully saturated rings. The Bertz CT molecular complexity index is 1820. The number of aromatic nitrogens is 1. The Hall–Kier alpha value is -4.10. The van der Waals surface area contributed by atoms with E-state index < -0.39 is 0 Å². The first-order valence-electron chi connectivity index (χ1n) is 12.8. The van der Waals surface area contributed by atoms with Crippen LogP contribution in [0.15, 0.2) is 103 Å². The Morgan fingerprint density at radius 3 is 2.06 bits per heavy atom. The molecule has 1 heterocycles. The number of benzene rings is 5. The summed E-state index contributed by atoms with van der Waals surface area (Å²) in [6, 6.07) is 37.9. The fourth-order valence-corrected chi connectivity index (χ4v) is 6.57. The van der Waals surface area contributed by atoms with Gasteiger partial charge in [-0.2, -0.15) is 0 Å². The van der Waals surface area contributed by atoms with E-state index in [-0.39, 0.29) is 5.41 Å². The van der Waals surface area contributed by atoms with Gasteiger partial charge in [-0.3, -0.25) is 0 Å². The topological polar surface area (TPSA) is 4.93 Å². The molecule has 1 nitrogen and oxygen atoms in total. The first-order valence-corrected chi connectivity index (χ1v) is 12.8. The Kier molecular flexibility index (Phi) is 4.39. The molecule has 5 aromatic carbocycles. The molecule has 1 heteroatoms. The van der Waals surface area contributed by atoms with Crippen LogP contribution < -0.4 is 0 Å². The van der Waals surface area contributed by atoms with Crippen molar-refractivity contribution in [2.75, 3.05) is 0 Å². The SMILES string of the molecule is Cc1ccccc1-c1ccc2c3c4c(ccc3n(-c3ccccc3)c2c1C)C(C)(C)c1ccccc1-4. The fourth-order valence-electron chi connectivity index (χ4n) is 6.57. The highest BCUT2D eigenvalue weighted by Gasteiger charge is 2.37. The van der Waals surface area contributed by atoms with Crippen molar-refractivity contribution in [3.63, 3.8) is 0 Å². The predicted molar refractivity (Wildman–Crippen MR) is 153 cm³/mol. The average molecular weight is 464 g/mol. The third-order valence-corrected chi connectivity index (χ3v) is 8.34. The van der Waals surface area contributed by atoms with Crippen molar-refractivity contribution in [3.05, 3.63) is 125 Å². The van der Waals surface area contributed by atoms with Crippen LogP contribution in [0.3, 0.4) is 0 Å². The van der Waals surface area contributed by atoms with Crippen molar-refractivity contribution in [3.8, 4) is 27.9 Å². The second-order valence-electron chi connectivity index (χ2n) is 10.7. The van der Waals surface area contributed by atoms with Crippen molar-refractivity contribution >= 4 is 21.8 Å². The van der Waals surface area contributed by atoms with Crippen LogP contribution in [0.25, 0.3) is 49.7 Å². The van der Waals surface area contributed by atoms with Crippen LogP contribution in [0.4, 0.5) is 0 Å². The van der Waals surface area contributed by atoms with Gasteiger partial charge in [0.25, 0.3) is 0 Å². The smallest absolute Gasteiger partial charge is 0.0576 e. The molecule has 1 aromatic heterocycles. The maximum atomic E-state index is 2.48. The van der Waals surface area contributed by atoms with Gasteiger partial charge in [-0.15, -0.1) is 0 Å². The maximum Gasteiger partial charge on any atom is 0.0576 e. The minimum absolute atomic E-state index is 0.0164. The summed E-state index contributed by atoms with van der Waals surface area (Å²) in [4.78, 5) is 0. The van der Waals surface area contributed by atoms with E-state index in [9.17, 15) is 0 Å². The normalized spacial score (nSPS) is 13.8. The highest BCUT2D eigenvalue weighted by molar-refractivity contribution is 6.19. The highest BCUT2D eigenvalue weighted by atomic mass is 15.0. The van der Waals surface area contributed by atoms with Crippen LogP contribution in [-0.2, 0) is 5.41 Å². The molecule has 0 spiro atoms. The van der Waals surface area contributed by atoms with E-state index in [1.807, 2.05) is 0 Å². The van der Waals surface area contributed by atoms with Crippen LogP contribution in [-0.4, -0.2) is 4.57 Å². The van der Waals surface area contributed by atoms with E-state index in [4.69, 9.17) is 0 Å². The van der Waals surface area contributed by atoms with E-state index in [2.05, 4.69) is 135 Å². The molecule has 0 atom stereocenters. The first-order chi connectivity index (χ1) is 17.5. The Morgan fingerprint density at radius 2 is 1.28 bits per heavy atom. The van der Waals surface area contributed by atoms with Gasteiger partial charge in [-0.25, -0.2) is 0 Å². The quantitative estimate of drug-likeness (QED) is 0.241. The van der Waals surface area contributed by atoms with Gasteiger partial charge in [-0.05, 0) is 76.6 Å². The zero-order valence-corrected chi connectivity index (χ0v) is 21.3. The van der Waals surface area contributed by atoms with Gasteiger partial charge in [-0.1, -0.05) is 98.8 Å². The molecule has 0 bridgehead atoms. The lowest BCUT2D eigenvalue weighted by Gasteiger charge is -2.21. The van der Waals surface area contributed by atoms with Gasteiger partial charge >= 0.3 is 0 Å². The highest BCUT2D eigenvalue weighted by Crippen LogP contribution is 2.53. The average Bonchev–Trinajstić information content (AvgIpc) is 3.36. The van der Waals surface area contributed by atoms with Gasteiger partial charge in [0.2, 0.25) is 0 Å². The van der Waals surface area contributed by atoms with Gasteiger partial charge in [0.05, 0.1) is 11.0 Å². The van der Waals surface area contributed by atoms with E-state index in [1.165, 1.54) is 72.0 Å². The summed E-state index contributed by atoms with van der Waals surface area (Å²) >= 11 is 0. The zero-order chi connectivity index (χ0) is 24.6. The Labute approximate surface area is 212 Å². The van der Waals surface area contributed by atoms with Crippen molar-refractivity contribution in [1.82, 2.24) is 4.57 Å². The van der Waals surface area contributed by atoms with Gasteiger partial charge < -0.3 is 4.57 Å². The minimum Gasteiger partial charge on any atom is -0.309 e. The molecule has 0 unspecified atom stereocenters. The van der Waals surface area contributed by atoms with E-state index in [0.717, 1.165) is 0 Å². The van der Waals surface area contributed by atoms with E-state index >= 15 is 0 Å². The molecule has 36 heavy (non-hydrogen) atoms. The summed E-state index contributed by atoms with van der Waals surface area (Å²) in [5.74, 6) is 0. The lowest BCUT2D eigenvalue weighted by atomic mass is 9.82. The number of hydrogen-bond acceptors (Lipinski definition) is 0. The van der Waals surface area contributed by atoms with Crippen molar-refractivity contribution in [2.24, 2.45) is 0 Å². The number of aryl methyl sites for hydroxylation is 2. The molecule has 174 valence electrons. The van der Waals surface area contributed by atoms with Crippen LogP contribution >= 0.6 is 0 Å². The standard InChI is InChI=1S/C35H29N/c1-22-12-8-9-15-25(22)26-18-19-28-33-31(36(34(28)23(26)2)24-13-6-5-7-14-24)21-20-30-32(33)27-16-10-11-17-29(27)35(30,3)4/h5-21H,1-4H3. The number of nitrogens with zero attached hydrogens (tertiary/aromatic N) is 1. The molecule has 0 amide bonds. The molecule has 1 aliphatic carbocycles. The van der Waals surface area contributed by atoms with Gasteiger partial charge in [0, 0.05) is 21.9 Å².